The van der Waals surface area contributed by atoms with Crippen LogP contribution in [0.2, 0.25) is 0 Å². The molecular formula is C16H23ClN4O2. The highest BCUT2D eigenvalue weighted by molar-refractivity contribution is 5.94. The van der Waals surface area contributed by atoms with Crippen molar-refractivity contribution in [3.63, 3.8) is 0 Å². The van der Waals surface area contributed by atoms with Crippen LogP contribution in [0.5, 0.6) is 0 Å². The van der Waals surface area contributed by atoms with Gasteiger partial charge in [0, 0.05) is 25.4 Å². The van der Waals surface area contributed by atoms with E-state index in [1.165, 1.54) is 0 Å². The first-order valence-electron chi connectivity index (χ1n) is 7.38. The molecule has 0 bridgehead atoms. The SMILES string of the molecule is CNCCCC(=O)Nc1ccc2ccn(CC(=O)NC)c2c1.Cl. The highest BCUT2D eigenvalue weighted by atomic mass is 35.5. The molecule has 126 valence electrons. The second-order valence-corrected chi connectivity index (χ2v) is 5.15. The van der Waals surface area contributed by atoms with Crippen molar-refractivity contribution in [1.29, 1.82) is 0 Å². The lowest BCUT2D eigenvalue weighted by atomic mass is 10.2. The molecule has 3 N–H and O–H groups in total. The number of nitrogens with one attached hydrogen (secondary N) is 3. The van der Waals surface area contributed by atoms with E-state index in [9.17, 15) is 9.59 Å². The van der Waals surface area contributed by atoms with Gasteiger partial charge >= 0.3 is 0 Å². The average Bonchev–Trinajstić information content (AvgIpc) is 2.90. The van der Waals surface area contributed by atoms with Crippen LogP contribution < -0.4 is 16.0 Å². The summed E-state index contributed by atoms with van der Waals surface area (Å²) in [6.45, 7) is 1.08. The summed E-state index contributed by atoms with van der Waals surface area (Å²) in [4.78, 5) is 23.4. The Balaban J connectivity index is 0.00000264. The number of rotatable bonds is 7. The quantitative estimate of drug-likeness (QED) is 0.673. The van der Waals surface area contributed by atoms with Gasteiger partial charge in [0.2, 0.25) is 11.8 Å². The van der Waals surface area contributed by atoms with E-state index in [2.05, 4.69) is 16.0 Å². The molecule has 1 aromatic carbocycles. The molecule has 0 aliphatic carbocycles. The summed E-state index contributed by atoms with van der Waals surface area (Å²) in [5.74, 6) is -0.0574. The van der Waals surface area contributed by atoms with Gasteiger partial charge in [0.1, 0.15) is 6.54 Å². The Morgan fingerprint density at radius 3 is 2.61 bits per heavy atom. The maximum absolute atomic E-state index is 11.9. The molecule has 6 nitrogen and oxygen atoms in total. The van der Waals surface area contributed by atoms with Crippen LogP contribution in [-0.4, -0.2) is 37.0 Å². The first kappa shape index (κ1) is 19.0. The van der Waals surface area contributed by atoms with E-state index < -0.39 is 0 Å². The maximum Gasteiger partial charge on any atom is 0.239 e. The van der Waals surface area contributed by atoms with Gasteiger partial charge in [-0.3, -0.25) is 9.59 Å². The molecule has 7 heteroatoms. The molecule has 0 aliphatic rings. The van der Waals surface area contributed by atoms with Crippen LogP contribution in [0.15, 0.2) is 30.5 Å². The minimum atomic E-state index is -0.0565. The van der Waals surface area contributed by atoms with Gasteiger partial charge in [-0.1, -0.05) is 6.07 Å². The normalized spacial score (nSPS) is 10.2. The molecule has 0 atom stereocenters. The van der Waals surface area contributed by atoms with Gasteiger partial charge < -0.3 is 20.5 Å². The van der Waals surface area contributed by atoms with Crippen LogP contribution in [-0.2, 0) is 16.1 Å². The van der Waals surface area contributed by atoms with Gasteiger partial charge in [-0.25, -0.2) is 0 Å². The predicted molar refractivity (Wildman–Crippen MR) is 95.0 cm³/mol. The number of carbonyl (C=O) groups excluding carboxylic acids is 2. The summed E-state index contributed by atoms with van der Waals surface area (Å²) in [5.41, 5.74) is 1.68. The first-order chi connectivity index (χ1) is 10.6. The Bertz CT molecular complexity index is 669. The lowest BCUT2D eigenvalue weighted by Gasteiger charge is -2.08. The minimum Gasteiger partial charge on any atom is -0.358 e. The van der Waals surface area contributed by atoms with Gasteiger partial charge in [-0.05, 0) is 43.6 Å². The zero-order valence-corrected chi connectivity index (χ0v) is 14.2. The Hall–Kier alpha value is -2.05. The highest BCUT2D eigenvalue weighted by Crippen LogP contribution is 2.20. The zero-order chi connectivity index (χ0) is 15.9. The summed E-state index contributed by atoms with van der Waals surface area (Å²) in [5, 5.41) is 9.56. The van der Waals surface area contributed by atoms with Crippen molar-refractivity contribution in [1.82, 2.24) is 15.2 Å². The molecular weight excluding hydrogens is 316 g/mol. The number of aromatic nitrogens is 1. The predicted octanol–water partition coefficient (Wildman–Crippen LogP) is 1.75. The van der Waals surface area contributed by atoms with Gasteiger partial charge in [-0.2, -0.15) is 0 Å². The van der Waals surface area contributed by atoms with E-state index in [1.54, 1.807) is 7.05 Å². The zero-order valence-electron chi connectivity index (χ0n) is 13.4. The molecule has 0 saturated heterocycles. The number of benzene rings is 1. The molecule has 0 fully saturated rings. The van der Waals surface area contributed by atoms with E-state index in [4.69, 9.17) is 0 Å². The van der Waals surface area contributed by atoms with Crippen molar-refractivity contribution in [2.45, 2.75) is 19.4 Å². The van der Waals surface area contributed by atoms with Gasteiger partial charge in [0.05, 0.1) is 5.52 Å². The largest absolute Gasteiger partial charge is 0.358 e. The fourth-order valence-corrected chi connectivity index (χ4v) is 2.28. The summed E-state index contributed by atoms with van der Waals surface area (Å²) < 4.78 is 1.87. The van der Waals surface area contributed by atoms with Crippen LogP contribution in [0.1, 0.15) is 12.8 Å². The van der Waals surface area contributed by atoms with Gasteiger partial charge in [0.15, 0.2) is 0 Å². The van der Waals surface area contributed by atoms with Crippen LogP contribution in [0.3, 0.4) is 0 Å². The molecule has 0 spiro atoms. The molecule has 1 heterocycles. The van der Waals surface area contributed by atoms with Crippen molar-refractivity contribution < 1.29 is 9.59 Å². The average molecular weight is 339 g/mol. The van der Waals surface area contributed by atoms with Crippen LogP contribution in [0, 0.1) is 0 Å². The van der Waals surface area contributed by atoms with Crippen molar-refractivity contribution in [3.8, 4) is 0 Å². The number of fused-ring (bicyclic) bond motifs is 1. The van der Waals surface area contributed by atoms with Crippen LogP contribution in [0.25, 0.3) is 10.9 Å². The highest BCUT2D eigenvalue weighted by Gasteiger charge is 2.07. The molecule has 0 aliphatic heterocycles. The molecule has 23 heavy (non-hydrogen) atoms. The van der Waals surface area contributed by atoms with Crippen LogP contribution in [0.4, 0.5) is 5.69 Å². The van der Waals surface area contributed by atoms with E-state index in [0.29, 0.717) is 6.42 Å². The van der Waals surface area contributed by atoms with Crippen molar-refractivity contribution in [2.24, 2.45) is 0 Å². The number of carbonyl (C=O) groups is 2. The number of amides is 2. The van der Waals surface area contributed by atoms with E-state index in [0.717, 1.165) is 29.6 Å². The van der Waals surface area contributed by atoms with Gasteiger partial charge in [0.25, 0.3) is 0 Å². The minimum absolute atomic E-state index is 0. The van der Waals surface area contributed by atoms with Gasteiger partial charge in [-0.15, -0.1) is 12.4 Å². The summed E-state index contributed by atoms with van der Waals surface area (Å²) in [6, 6.07) is 7.67. The number of hydrogen-bond donors (Lipinski definition) is 3. The number of hydrogen-bond acceptors (Lipinski definition) is 3. The Morgan fingerprint density at radius 2 is 1.91 bits per heavy atom. The fraction of sp³-hybridized carbons (Fsp3) is 0.375. The topological polar surface area (TPSA) is 75.2 Å². The lowest BCUT2D eigenvalue weighted by Crippen LogP contribution is -2.23. The van der Waals surface area contributed by atoms with Crippen molar-refractivity contribution in [3.05, 3.63) is 30.5 Å². The van der Waals surface area contributed by atoms with Crippen molar-refractivity contribution >= 4 is 40.8 Å². The van der Waals surface area contributed by atoms with Crippen molar-refractivity contribution in [2.75, 3.05) is 26.0 Å². The number of likely N-dealkylation sites (N-methyl/N-ethyl adjacent to an activating group) is 1. The molecule has 1 aromatic heterocycles. The maximum atomic E-state index is 11.9. The number of nitrogens with zero attached hydrogens (tertiary/aromatic N) is 1. The number of anilines is 1. The molecule has 0 unspecified atom stereocenters. The number of halogens is 1. The first-order valence-corrected chi connectivity index (χ1v) is 7.38. The molecule has 2 rings (SSSR count). The van der Waals surface area contributed by atoms with E-state index >= 15 is 0 Å². The second-order valence-electron chi connectivity index (χ2n) is 5.15. The fourth-order valence-electron chi connectivity index (χ4n) is 2.28. The Morgan fingerprint density at radius 1 is 1.13 bits per heavy atom. The second kappa shape index (κ2) is 9.17. The molecule has 2 aromatic rings. The smallest absolute Gasteiger partial charge is 0.239 e. The summed E-state index contributed by atoms with van der Waals surface area (Å²) in [6.07, 6.45) is 3.16. The standard InChI is InChI=1S/C16H22N4O2.ClH/c1-17-8-3-4-15(21)19-13-6-5-12-7-9-20(14(12)10-13)11-16(22)18-2;/h5-7,9-10,17H,3-4,8,11H2,1-2H3,(H,18,22)(H,19,21);1H. The lowest BCUT2D eigenvalue weighted by molar-refractivity contribution is -0.121. The molecule has 2 amide bonds. The Kier molecular flexibility index (Phi) is 7.57. The Labute approximate surface area is 142 Å². The van der Waals surface area contributed by atoms with E-state index in [-0.39, 0.29) is 30.8 Å². The summed E-state index contributed by atoms with van der Waals surface area (Å²) >= 11 is 0. The summed E-state index contributed by atoms with van der Waals surface area (Å²) in [7, 11) is 3.48. The third kappa shape index (κ3) is 5.26. The third-order valence-electron chi connectivity index (χ3n) is 3.48. The monoisotopic (exact) mass is 338 g/mol. The molecule has 0 radical (unpaired) electrons. The van der Waals surface area contributed by atoms with Crippen LogP contribution >= 0.6 is 12.4 Å². The third-order valence-corrected chi connectivity index (χ3v) is 3.48. The van der Waals surface area contributed by atoms with E-state index in [1.807, 2.05) is 42.1 Å². The molecule has 0 saturated carbocycles.